The van der Waals surface area contributed by atoms with E-state index in [1.807, 2.05) is 36.1 Å². The highest BCUT2D eigenvalue weighted by molar-refractivity contribution is 6.36. The van der Waals surface area contributed by atoms with Gasteiger partial charge in [-0.25, -0.2) is 0 Å². The Labute approximate surface area is 136 Å². The first-order valence-corrected chi connectivity index (χ1v) is 8.00. The van der Waals surface area contributed by atoms with Gasteiger partial charge in [0.2, 0.25) is 0 Å². The van der Waals surface area contributed by atoms with Crippen molar-refractivity contribution in [3.8, 4) is 0 Å². The molecule has 1 aromatic heterocycles. The second kappa shape index (κ2) is 7.83. The summed E-state index contributed by atoms with van der Waals surface area (Å²) >= 11 is 12.6. The van der Waals surface area contributed by atoms with Gasteiger partial charge < -0.3 is 5.32 Å². The summed E-state index contributed by atoms with van der Waals surface area (Å²) in [4.78, 5) is 0. The lowest BCUT2D eigenvalue weighted by molar-refractivity contribution is 0.498. The molecule has 0 aliphatic carbocycles. The molecule has 0 spiro atoms. The molecule has 1 unspecified atom stereocenters. The maximum atomic E-state index is 6.28. The van der Waals surface area contributed by atoms with Crippen LogP contribution in [0.4, 0.5) is 0 Å². The molecule has 2 aromatic rings. The van der Waals surface area contributed by atoms with Crippen LogP contribution in [0.3, 0.4) is 0 Å². The van der Waals surface area contributed by atoms with Crippen molar-refractivity contribution in [2.75, 3.05) is 6.54 Å². The van der Waals surface area contributed by atoms with Gasteiger partial charge in [0.15, 0.2) is 0 Å². The number of aryl methyl sites for hydroxylation is 1. The maximum absolute atomic E-state index is 6.28. The number of rotatable bonds is 7. The fourth-order valence-electron chi connectivity index (χ4n) is 2.36. The first kappa shape index (κ1) is 16.3. The van der Waals surface area contributed by atoms with E-state index in [1.165, 1.54) is 0 Å². The van der Waals surface area contributed by atoms with Crippen molar-refractivity contribution in [1.29, 1.82) is 0 Å². The Balaban J connectivity index is 2.12. The Morgan fingerprint density at radius 2 is 1.90 bits per heavy atom. The lowest BCUT2D eigenvalue weighted by atomic mass is 10.0. The quantitative estimate of drug-likeness (QED) is 0.837. The van der Waals surface area contributed by atoms with E-state index in [0.29, 0.717) is 0 Å². The highest BCUT2D eigenvalue weighted by Gasteiger charge is 2.15. The molecule has 0 amide bonds. The fourth-order valence-corrected chi connectivity index (χ4v) is 2.91. The largest absolute Gasteiger partial charge is 0.313 e. The van der Waals surface area contributed by atoms with Gasteiger partial charge in [0, 0.05) is 35.8 Å². The van der Waals surface area contributed by atoms with E-state index < -0.39 is 0 Å². The van der Waals surface area contributed by atoms with E-state index in [-0.39, 0.29) is 6.04 Å². The molecule has 114 valence electrons. The average molecular weight is 326 g/mol. The number of nitrogens with one attached hydrogen (secondary N) is 1. The zero-order chi connectivity index (χ0) is 15.2. The van der Waals surface area contributed by atoms with Gasteiger partial charge in [-0.05, 0) is 43.1 Å². The predicted molar refractivity (Wildman–Crippen MR) is 89.2 cm³/mol. The van der Waals surface area contributed by atoms with Crippen LogP contribution in [0.1, 0.15) is 24.6 Å². The summed E-state index contributed by atoms with van der Waals surface area (Å²) in [5.41, 5.74) is 2.08. The Morgan fingerprint density at radius 1 is 1.19 bits per heavy atom. The minimum atomic E-state index is 0.275. The van der Waals surface area contributed by atoms with E-state index in [1.54, 1.807) is 0 Å². The van der Waals surface area contributed by atoms with Crippen molar-refractivity contribution < 1.29 is 0 Å². The number of benzene rings is 1. The molecule has 0 bridgehead atoms. The topological polar surface area (TPSA) is 29.9 Å². The Morgan fingerprint density at radius 3 is 2.48 bits per heavy atom. The third-order valence-electron chi connectivity index (χ3n) is 3.42. The highest BCUT2D eigenvalue weighted by Crippen LogP contribution is 2.26. The zero-order valence-corrected chi connectivity index (χ0v) is 14.0. The minimum Gasteiger partial charge on any atom is -0.313 e. The van der Waals surface area contributed by atoms with Crippen LogP contribution in [0.5, 0.6) is 0 Å². The second-order valence-corrected chi connectivity index (χ2v) is 6.05. The third kappa shape index (κ3) is 4.73. The number of hydrogen-bond donors (Lipinski definition) is 1. The van der Waals surface area contributed by atoms with Crippen molar-refractivity contribution >= 4 is 23.2 Å². The van der Waals surface area contributed by atoms with Crippen LogP contribution in [-0.2, 0) is 19.9 Å². The third-order valence-corrected chi connectivity index (χ3v) is 4.13. The SMILES string of the molecule is CCCNC(Cc1ccn(C)n1)Cc1c(Cl)cccc1Cl. The summed E-state index contributed by atoms with van der Waals surface area (Å²) in [6.07, 6.45) is 4.72. The molecular formula is C16H21Cl2N3. The molecule has 1 atom stereocenters. The summed E-state index contributed by atoms with van der Waals surface area (Å²) in [7, 11) is 1.93. The van der Waals surface area contributed by atoms with Crippen LogP contribution in [0.25, 0.3) is 0 Å². The van der Waals surface area contributed by atoms with Gasteiger partial charge in [-0.3, -0.25) is 4.68 Å². The van der Waals surface area contributed by atoms with Gasteiger partial charge >= 0.3 is 0 Å². The van der Waals surface area contributed by atoms with Gasteiger partial charge in [-0.1, -0.05) is 36.2 Å². The number of halogens is 2. The summed E-state index contributed by atoms with van der Waals surface area (Å²) < 4.78 is 1.83. The summed E-state index contributed by atoms with van der Waals surface area (Å²) in [6.45, 7) is 3.13. The summed E-state index contributed by atoms with van der Waals surface area (Å²) in [5.74, 6) is 0. The van der Waals surface area contributed by atoms with E-state index in [0.717, 1.165) is 47.1 Å². The molecule has 2 rings (SSSR count). The van der Waals surface area contributed by atoms with Crippen LogP contribution in [0, 0.1) is 0 Å². The summed E-state index contributed by atoms with van der Waals surface area (Å²) in [6, 6.07) is 7.98. The van der Waals surface area contributed by atoms with Crippen molar-refractivity contribution in [2.24, 2.45) is 7.05 Å². The fraction of sp³-hybridized carbons (Fsp3) is 0.438. The number of aromatic nitrogens is 2. The van der Waals surface area contributed by atoms with Crippen LogP contribution in [-0.4, -0.2) is 22.4 Å². The van der Waals surface area contributed by atoms with Crippen molar-refractivity contribution in [2.45, 2.75) is 32.2 Å². The monoisotopic (exact) mass is 325 g/mol. The van der Waals surface area contributed by atoms with Crippen LogP contribution in [0.15, 0.2) is 30.5 Å². The molecular weight excluding hydrogens is 305 g/mol. The van der Waals surface area contributed by atoms with Gasteiger partial charge in [0.1, 0.15) is 0 Å². The second-order valence-electron chi connectivity index (χ2n) is 5.24. The molecule has 0 saturated heterocycles. The molecule has 1 heterocycles. The Bertz CT molecular complexity index is 560. The van der Waals surface area contributed by atoms with Crippen LogP contribution < -0.4 is 5.32 Å². The van der Waals surface area contributed by atoms with Gasteiger partial charge in [-0.15, -0.1) is 0 Å². The predicted octanol–water partition coefficient (Wildman–Crippen LogP) is 3.88. The molecule has 1 aromatic carbocycles. The molecule has 0 aliphatic heterocycles. The first-order chi connectivity index (χ1) is 10.1. The lowest BCUT2D eigenvalue weighted by Crippen LogP contribution is -2.34. The van der Waals surface area contributed by atoms with E-state index in [4.69, 9.17) is 23.2 Å². The van der Waals surface area contributed by atoms with Gasteiger partial charge in [0.25, 0.3) is 0 Å². The summed E-state index contributed by atoms with van der Waals surface area (Å²) in [5, 5.41) is 9.48. The van der Waals surface area contributed by atoms with E-state index in [9.17, 15) is 0 Å². The molecule has 21 heavy (non-hydrogen) atoms. The van der Waals surface area contributed by atoms with E-state index in [2.05, 4.69) is 23.4 Å². The van der Waals surface area contributed by atoms with Gasteiger partial charge in [0.05, 0.1) is 5.69 Å². The van der Waals surface area contributed by atoms with Crippen molar-refractivity contribution in [1.82, 2.24) is 15.1 Å². The highest BCUT2D eigenvalue weighted by atomic mass is 35.5. The van der Waals surface area contributed by atoms with Crippen molar-refractivity contribution in [3.05, 3.63) is 51.8 Å². The molecule has 0 radical (unpaired) electrons. The lowest BCUT2D eigenvalue weighted by Gasteiger charge is -2.19. The minimum absolute atomic E-state index is 0.275. The molecule has 0 aliphatic rings. The normalized spacial score (nSPS) is 12.6. The smallest absolute Gasteiger partial charge is 0.0640 e. The molecule has 3 nitrogen and oxygen atoms in total. The Hall–Kier alpha value is -1.03. The van der Waals surface area contributed by atoms with Crippen molar-refractivity contribution in [3.63, 3.8) is 0 Å². The average Bonchev–Trinajstić information content (AvgIpc) is 2.85. The van der Waals surface area contributed by atoms with Gasteiger partial charge in [-0.2, -0.15) is 5.10 Å². The first-order valence-electron chi connectivity index (χ1n) is 7.25. The van der Waals surface area contributed by atoms with E-state index >= 15 is 0 Å². The zero-order valence-electron chi connectivity index (χ0n) is 12.4. The number of nitrogens with zero attached hydrogens (tertiary/aromatic N) is 2. The number of hydrogen-bond acceptors (Lipinski definition) is 2. The Kier molecular flexibility index (Phi) is 6.09. The van der Waals surface area contributed by atoms with Crippen LogP contribution >= 0.6 is 23.2 Å². The molecule has 5 heteroatoms. The standard InChI is InChI=1S/C16H21Cl2N3/c1-3-8-19-13(10-12-7-9-21(2)20-12)11-14-15(17)5-4-6-16(14)18/h4-7,9,13,19H,3,8,10-11H2,1-2H3. The molecule has 1 N–H and O–H groups in total. The molecule has 0 saturated carbocycles. The molecule has 0 fully saturated rings. The maximum Gasteiger partial charge on any atom is 0.0640 e. The van der Waals surface area contributed by atoms with Crippen LogP contribution in [0.2, 0.25) is 10.0 Å².